The van der Waals surface area contributed by atoms with Gasteiger partial charge in [0.05, 0.1) is 17.8 Å². The Hall–Kier alpha value is -1.14. The zero-order valence-corrected chi connectivity index (χ0v) is 29.0. The smallest absolute Gasteiger partial charge is 0.319 e. The number of esters is 1. The number of cyclic esters (lactones) is 1. The fraction of sp³-hybridized carbons (Fsp3) is 0.939. The molecule has 1 unspecified atom stereocenters. The molecule has 0 aliphatic carbocycles. The molecule has 0 spiro atoms. The van der Waals surface area contributed by atoms with Crippen LogP contribution in [0.25, 0.3) is 0 Å². The van der Waals surface area contributed by atoms with Crippen LogP contribution in [0.1, 0.15) is 74.1 Å². The highest BCUT2D eigenvalue weighted by molar-refractivity contribution is 6.04. The second kappa shape index (κ2) is 14.5. The summed E-state index contributed by atoms with van der Waals surface area (Å²) in [5, 5.41) is 11.3. The molecular formula is C33H61N3O7. The van der Waals surface area contributed by atoms with Crippen LogP contribution >= 0.6 is 0 Å². The van der Waals surface area contributed by atoms with E-state index < -0.39 is 41.4 Å². The first-order valence-corrected chi connectivity index (χ1v) is 16.3. The SMILES string of the molecule is CO[C@]1(C)C[C@@H](C)CN(C)C(C2CCN(C)CC2)[C@H](C)OC(=O)C(C)(C)C(=O)[C@H](C)[C@H]1O[C@@H]1O[C@H](C)C[C@H](N(C)C)[C@H]1O. The van der Waals surface area contributed by atoms with E-state index in [1.807, 2.05) is 39.8 Å². The molecule has 1 N–H and O–H groups in total. The standard InChI is InChI=1S/C33H61N3O7/c1-20-18-33(7,40-12)29(43-30-27(37)25(34(8)9)17-21(2)41-30)22(3)28(38)32(5,6)31(39)42-23(4)26(36(11)19-20)24-13-15-35(10)16-14-24/h20-27,29-30,37H,13-19H2,1-12H3/t20-,21-,22+,23+,25+,26?,27-,29-,30+,33-/m1/s1. The number of likely N-dealkylation sites (tertiary alicyclic amines) is 1. The summed E-state index contributed by atoms with van der Waals surface area (Å²) in [5.74, 6) is -1.01. The first-order chi connectivity index (χ1) is 19.9. The van der Waals surface area contributed by atoms with Crippen molar-refractivity contribution in [1.82, 2.24) is 14.7 Å². The van der Waals surface area contributed by atoms with Crippen molar-refractivity contribution in [3.05, 3.63) is 0 Å². The van der Waals surface area contributed by atoms with Crippen molar-refractivity contribution >= 4 is 11.8 Å². The monoisotopic (exact) mass is 611 g/mol. The summed E-state index contributed by atoms with van der Waals surface area (Å²) in [7, 11) is 9.77. The molecule has 0 radical (unpaired) electrons. The van der Waals surface area contributed by atoms with Gasteiger partial charge >= 0.3 is 5.97 Å². The van der Waals surface area contributed by atoms with Crippen LogP contribution in [0.3, 0.4) is 0 Å². The molecule has 3 aliphatic heterocycles. The Morgan fingerprint density at radius 2 is 1.63 bits per heavy atom. The number of aliphatic hydroxyl groups excluding tert-OH is 1. The molecule has 3 rings (SSSR count). The molecule has 0 amide bonds. The van der Waals surface area contributed by atoms with E-state index in [2.05, 4.69) is 30.8 Å². The number of piperidine rings is 1. The van der Waals surface area contributed by atoms with Crippen LogP contribution in [0.4, 0.5) is 0 Å². The van der Waals surface area contributed by atoms with Crippen LogP contribution < -0.4 is 0 Å². The second-order valence-electron chi connectivity index (χ2n) is 14.9. The zero-order valence-electron chi connectivity index (χ0n) is 29.0. The van der Waals surface area contributed by atoms with Gasteiger partial charge in [-0.25, -0.2) is 0 Å². The number of methoxy groups -OCH3 is 1. The molecule has 10 nitrogen and oxygen atoms in total. The second-order valence-corrected chi connectivity index (χ2v) is 14.9. The van der Waals surface area contributed by atoms with Crippen molar-refractivity contribution < 1.29 is 33.6 Å². The van der Waals surface area contributed by atoms with Crippen LogP contribution in [0, 0.1) is 23.2 Å². The van der Waals surface area contributed by atoms with E-state index in [-0.39, 0.29) is 36.0 Å². The van der Waals surface area contributed by atoms with E-state index in [0.29, 0.717) is 18.8 Å². The largest absolute Gasteiger partial charge is 0.460 e. The van der Waals surface area contributed by atoms with Gasteiger partial charge in [-0.3, -0.25) is 14.5 Å². The summed E-state index contributed by atoms with van der Waals surface area (Å²) >= 11 is 0. The van der Waals surface area contributed by atoms with Gasteiger partial charge in [-0.1, -0.05) is 13.8 Å². The van der Waals surface area contributed by atoms with Crippen LogP contribution in [0.15, 0.2) is 0 Å². The molecule has 10 atom stereocenters. The average molecular weight is 612 g/mol. The van der Waals surface area contributed by atoms with Gasteiger partial charge in [-0.2, -0.15) is 0 Å². The Kier molecular flexibility index (Phi) is 12.3. The van der Waals surface area contributed by atoms with Crippen molar-refractivity contribution in [2.45, 2.75) is 123 Å². The van der Waals surface area contributed by atoms with Gasteiger partial charge in [0.15, 0.2) is 12.1 Å². The molecule has 0 aromatic heterocycles. The van der Waals surface area contributed by atoms with Crippen LogP contribution in [-0.4, -0.2) is 135 Å². The lowest BCUT2D eigenvalue weighted by Gasteiger charge is -2.47. The third-order valence-corrected chi connectivity index (χ3v) is 10.5. The first-order valence-electron chi connectivity index (χ1n) is 16.3. The summed E-state index contributed by atoms with van der Waals surface area (Å²) in [6.45, 7) is 16.0. The topological polar surface area (TPSA) is 101 Å². The fourth-order valence-corrected chi connectivity index (χ4v) is 7.94. The summed E-state index contributed by atoms with van der Waals surface area (Å²) < 4.78 is 25.2. The lowest BCUT2D eigenvalue weighted by Crippen LogP contribution is -2.59. The quantitative estimate of drug-likeness (QED) is 0.369. The first kappa shape index (κ1) is 36.3. The van der Waals surface area contributed by atoms with Gasteiger partial charge < -0.3 is 33.9 Å². The Labute approximate surface area is 260 Å². The molecule has 0 aromatic carbocycles. The number of rotatable bonds is 5. The van der Waals surface area contributed by atoms with Gasteiger partial charge in [0.1, 0.15) is 17.6 Å². The van der Waals surface area contributed by atoms with Crippen molar-refractivity contribution in [3.8, 4) is 0 Å². The van der Waals surface area contributed by atoms with Crippen molar-refractivity contribution in [2.75, 3.05) is 54.9 Å². The van der Waals surface area contributed by atoms with Gasteiger partial charge in [-0.15, -0.1) is 0 Å². The number of ketones is 1. The molecule has 43 heavy (non-hydrogen) atoms. The molecule has 3 aliphatic rings. The van der Waals surface area contributed by atoms with Gasteiger partial charge in [-0.05, 0) is 113 Å². The number of carbonyl (C=O) groups excluding carboxylic acids is 2. The molecule has 3 saturated heterocycles. The third-order valence-electron chi connectivity index (χ3n) is 10.5. The predicted molar refractivity (Wildman–Crippen MR) is 167 cm³/mol. The lowest BCUT2D eigenvalue weighted by atomic mass is 9.74. The predicted octanol–water partition coefficient (Wildman–Crippen LogP) is 3.05. The van der Waals surface area contributed by atoms with E-state index in [0.717, 1.165) is 32.5 Å². The summed E-state index contributed by atoms with van der Waals surface area (Å²) in [5.41, 5.74) is -2.32. The van der Waals surface area contributed by atoms with Crippen LogP contribution in [0.5, 0.6) is 0 Å². The summed E-state index contributed by atoms with van der Waals surface area (Å²) in [6, 6.07) is -0.138. The minimum atomic E-state index is -1.41. The number of aliphatic hydroxyl groups is 1. The maximum absolute atomic E-state index is 14.3. The van der Waals surface area contributed by atoms with E-state index in [4.69, 9.17) is 18.9 Å². The van der Waals surface area contributed by atoms with Gasteiger partial charge in [0, 0.05) is 31.7 Å². The lowest BCUT2D eigenvalue weighted by molar-refractivity contribution is -0.295. The zero-order chi connectivity index (χ0) is 32.4. The Bertz CT molecular complexity index is 939. The molecule has 0 bridgehead atoms. The maximum Gasteiger partial charge on any atom is 0.319 e. The Morgan fingerprint density at radius 3 is 2.19 bits per heavy atom. The number of Topliss-reactive ketones (excluding diaryl/α,β-unsaturated/α-hetero) is 1. The Balaban J connectivity index is 2.02. The molecule has 3 heterocycles. The number of hydrogen-bond donors (Lipinski definition) is 1. The average Bonchev–Trinajstić information content (AvgIpc) is 2.92. The molecular weight excluding hydrogens is 550 g/mol. The number of carbonyl (C=O) groups is 2. The van der Waals surface area contributed by atoms with E-state index in [9.17, 15) is 14.7 Å². The van der Waals surface area contributed by atoms with E-state index >= 15 is 0 Å². The van der Waals surface area contributed by atoms with E-state index in [1.54, 1.807) is 27.9 Å². The highest BCUT2D eigenvalue weighted by atomic mass is 16.7. The fourth-order valence-electron chi connectivity index (χ4n) is 7.94. The highest BCUT2D eigenvalue weighted by Crippen LogP contribution is 2.39. The minimum absolute atomic E-state index is 0.0280. The van der Waals surface area contributed by atoms with Gasteiger partial charge in [0.2, 0.25) is 0 Å². The molecule has 250 valence electrons. The highest BCUT2D eigenvalue weighted by Gasteiger charge is 2.52. The van der Waals surface area contributed by atoms with Crippen molar-refractivity contribution in [2.24, 2.45) is 23.2 Å². The van der Waals surface area contributed by atoms with Crippen LogP contribution in [0.2, 0.25) is 0 Å². The normalized spacial score (nSPS) is 41.8. The van der Waals surface area contributed by atoms with E-state index in [1.165, 1.54) is 0 Å². The van der Waals surface area contributed by atoms with Crippen molar-refractivity contribution in [3.63, 3.8) is 0 Å². The maximum atomic E-state index is 14.3. The number of likely N-dealkylation sites (N-methyl/N-ethyl adjacent to an activating group) is 2. The summed E-state index contributed by atoms with van der Waals surface area (Å²) in [4.78, 5) is 34.7. The van der Waals surface area contributed by atoms with Crippen LogP contribution in [-0.2, 0) is 28.5 Å². The number of nitrogens with zero attached hydrogens (tertiary/aromatic N) is 3. The molecule has 10 heteroatoms. The third kappa shape index (κ3) is 8.18. The van der Waals surface area contributed by atoms with Crippen molar-refractivity contribution in [1.29, 1.82) is 0 Å². The molecule has 0 aromatic rings. The van der Waals surface area contributed by atoms with Gasteiger partial charge in [0.25, 0.3) is 0 Å². The molecule has 0 saturated carbocycles. The Morgan fingerprint density at radius 1 is 1.02 bits per heavy atom. The summed E-state index contributed by atoms with van der Waals surface area (Å²) in [6.07, 6.45) is 0.139. The number of hydrogen-bond acceptors (Lipinski definition) is 10. The number of ether oxygens (including phenoxy) is 4. The molecule has 3 fully saturated rings. The minimum Gasteiger partial charge on any atom is -0.460 e.